The summed E-state index contributed by atoms with van der Waals surface area (Å²) in [5.41, 5.74) is 5.39. The SMILES string of the molecule is Cc1cc(C)cc(Nc2ncc3ccc4nc(C)sc4c3n2)c1. The van der Waals surface area contributed by atoms with Crippen molar-refractivity contribution in [3.8, 4) is 0 Å². The summed E-state index contributed by atoms with van der Waals surface area (Å²) in [7, 11) is 0. The molecular formula is C18H16N4S. The van der Waals surface area contributed by atoms with Crippen molar-refractivity contribution in [3.63, 3.8) is 0 Å². The van der Waals surface area contributed by atoms with Crippen molar-refractivity contribution >= 4 is 44.1 Å². The van der Waals surface area contributed by atoms with Gasteiger partial charge in [0.1, 0.15) is 0 Å². The smallest absolute Gasteiger partial charge is 0.227 e. The Morgan fingerprint density at radius 3 is 2.52 bits per heavy atom. The van der Waals surface area contributed by atoms with Gasteiger partial charge in [-0.2, -0.15) is 0 Å². The Hall–Kier alpha value is -2.53. The number of fused-ring (bicyclic) bond motifs is 3. The van der Waals surface area contributed by atoms with Crippen molar-refractivity contribution in [1.29, 1.82) is 0 Å². The molecule has 5 heteroatoms. The maximum absolute atomic E-state index is 4.72. The van der Waals surface area contributed by atoms with E-state index in [4.69, 9.17) is 4.98 Å². The quantitative estimate of drug-likeness (QED) is 0.570. The van der Waals surface area contributed by atoms with E-state index in [9.17, 15) is 0 Å². The average Bonchev–Trinajstić information content (AvgIpc) is 2.87. The highest BCUT2D eigenvalue weighted by Gasteiger charge is 2.08. The molecule has 0 saturated carbocycles. The van der Waals surface area contributed by atoms with Gasteiger partial charge < -0.3 is 5.32 Å². The third kappa shape index (κ3) is 2.64. The van der Waals surface area contributed by atoms with Crippen LogP contribution in [-0.2, 0) is 0 Å². The van der Waals surface area contributed by atoms with Crippen LogP contribution in [0.1, 0.15) is 16.1 Å². The summed E-state index contributed by atoms with van der Waals surface area (Å²) >= 11 is 1.67. The number of anilines is 2. The average molecular weight is 320 g/mol. The van der Waals surface area contributed by atoms with Crippen LogP contribution in [0.4, 0.5) is 11.6 Å². The fourth-order valence-electron chi connectivity index (χ4n) is 2.83. The molecule has 4 rings (SSSR count). The Balaban J connectivity index is 1.82. The van der Waals surface area contributed by atoms with Crippen LogP contribution in [0, 0.1) is 20.8 Å². The highest BCUT2D eigenvalue weighted by atomic mass is 32.1. The first-order valence-electron chi connectivity index (χ1n) is 7.47. The molecule has 4 aromatic rings. The largest absolute Gasteiger partial charge is 0.324 e. The van der Waals surface area contributed by atoms with Crippen molar-refractivity contribution in [3.05, 3.63) is 52.7 Å². The third-order valence-corrected chi connectivity index (χ3v) is 4.68. The van der Waals surface area contributed by atoms with Gasteiger partial charge >= 0.3 is 0 Å². The minimum atomic E-state index is 0.612. The van der Waals surface area contributed by atoms with Gasteiger partial charge in [-0.15, -0.1) is 11.3 Å². The highest BCUT2D eigenvalue weighted by molar-refractivity contribution is 7.19. The second-order valence-electron chi connectivity index (χ2n) is 5.78. The fourth-order valence-corrected chi connectivity index (χ4v) is 3.74. The lowest BCUT2D eigenvalue weighted by Gasteiger charge is -2.08. The molecule has 0 spiro atoms. The molecule has 0 aliphatic rings. The van der Waals surface area contributed by atoms with E-state index < -0.39 is 0 Å². The van der Waals surface area contributed by atoms with Crippen LogP contribution in [0.3, 0.4) is 0 Å². The molecule has 1 N–H and O–H groups in total. The molecule has 0 saturated heterocycles. The molecule has 0 fully saturated rings. The first-order chi connectivity index (χ1) is 11.1. The maximum atomic E-state index is 4.72. The second-order valence-corrected chi connectivity index (χ2v) is 6.98. The lowest BCUT2D eigenvalue weighted by atomic mass is 10.1. The Bertz CT molecular complexity index is 1020. The van der Waals surface area contributed by atoms with Crippen LogP contribution in [0.2, 0.25) is 0 Å². The molecule has 0 bridgehead atoms. The number of hydrogen-bond donors (Lipinski definition) is 1. The van der Waals surface area contributed by atoms with Crippen LogP contribution in [0.15, 0.2) is 36.5 Å². The summed E-state index contributed by atoms with van der Waals surface area (Å²) in [5.74, 6) is 0.612. The van der Waals surface area contributed by atoms with E-state index >= 15 is 0 Å². The molecule has 23 heavy (non-hydrogen) atoms. The van der Waals surface area contributed by atoms with Crippen molar-refractivity contribution in [1.82, 2.24) is 15.0 Å². The summed E-state index contributed by atoms with van der Waals surface area (Å²) in [6.45, 7) is 6.19. The summed E-state index contributed by atoms with van der Waals surface area (Å²) < 4.78 is 1.12. The van der Waals surface area contributed by atoms with E-state index in [1.54, 1.807) is 11.3 Å². The van der Waals surface area contributed by atoms with Gasteiger partial charge in [0.2, 0.25) is 5.95 Å². The fraction of sp³-hybridized carbons (Fsp3) is 0.167. The third-order valence-electron chi connectivity index (χ3n) is 3.69. The number of nitrogens with zero attached hydrogens (tertiary/aromatic N) is 3. The number of aryl methyl sites for hydroxylation is 3. The van der Waals surface area contributed by atoms with Crippen LogP contribution < -0.4 is 5.32 Å². The summed E-state index contributed by atoms with van der Waals surface area (Å²) in [6, 6.07) is 10.4. The van der Waals surface area contributed by atoms with Crippen LogP contribution in [0.5, 0.6) is 0 Å². The van der Waals surface area contributed by atoms with Gasteiger partial charge in [-0.3, -0.25) is 0 Å². The molecule has 0 atom stereocenters. The van der Waals surface area contributed by atoms with Crippen LogP contribution >= 0.6 is 11.3 Å². The Morgan fingerprint density at radius 2 is 1.74 bits per heavy atom. The van der Waals surface area contributed by atoms with E-state index in [-0.39, 0.29) is 0 Å². The van der Waals surface area contributed by atoms with Crippen LogP contribution in [-0.4, -0.2) is 15.0 Å². The molecular weight excluding hydrogens is 304 g/mol. The maximum Gasteiger partial charge on any atom is 0.227 e. The first-order valence-corrected chi connectivity index (χ1v) is 8.28. The normalized spacial score (nSPS) is 11.3. The van der Waals surface area contributed by atoms with E-state index in [0.29, 0.717) is 5.95 Å². The number of thiazole rings is 1. The number of nitrogens with one attached hydrogen (secondary N) is 1. The van der Waals surface area contributed by atoms with Crippen molar-refractivity contribution in [2.75, 3.05) is 5.32 Å². The van der Waals surface area contributed by atoms with E-state index in [1.165, 1.54) is 11.1 Å². The monoisotopic (exact) mass is 320 g/mol. The van der Waals surface area contributed by atoms with Crippen molar-refractivity contribution < 1.29 is 0 Å². The molecule has 2 aromatic heterocycles. The minimum absolute atomic E-state index is 0.612. The van der Waals surface area contributed by atoms with E-state index in [1.807, 2.05) is 25.3 Å². The number of rotatable bonds is 2. The minimum Gasteiger partial charge on any atom is -0.324 e. The van der Waals surface area contributed by atoms with Gasteiger partial charge in [0.05, 0.1) is 20.7 Å². The highest BCUT2D eigenvalue weighted by Crippen LogP contribution is 2.29. The van der Waals surface area contributed by atoms with Crippen molar-refractivity contribution in [2.24, 2.45) is 0 Å². The topological polar surface area (TPSA) is 50.7 Å². The second kappa shape index (κ2) is 5.28. The number of hydrogen-bond acceptors (Lipinski definition) is 5. The zero-order valence-electron chi connectivity index (χ0n) is 13.2. The predicted octanol–water partition coefficient (Wildman–Crippen LogP) is 4.91. The molecule has 0 aliphatic carbocycles. The van der Waals surface area contributed by atoms with Gasteiger partial charge in [0, 0.05) is 17.3 Å². The van der Waals surface area contributed by atoms with Crippen molar-refractivity contribution in [2.45, 2.75) is 20.8 Å². The van der Waals surface area contributed by atoms with E-state index in [0.717, 1.165) is 31.8 Å². The van der Waals surface area contributed by atoms with E-state index in [2.05, 4.69) is 47.3 Å². The number of aromatic nitrogens is 3. The van der Waals surface area contributed by atoms with Crippen LogP contribution in [0.25, 0.3) is 21.1 Å². The zero-order valence-corrected chi connectivity index (χ0v) is 14.0. The molecule has 2 heterocycles. The number of benzene rings is 2. The molecule has 0 amide bonds. The molecule has 0 unspecified atom stereocenters. The Labute approximate surface area is 138 Å². The summed E-state index contributed by atoms with van der Waals surface area (Å²) in [6.07, 6.45) is 1.86. The van der Waals surface area contributed by atoms with Gasteiger partial charge in [-0.25, -0.2) is 15.0 Å². The predicted molar refractivity (Wildman–Crippen MR) is 96.7 cm³/mol. The first kappa shape index (κ1) is 14.1. The Kier molecular flexibility index (Phi) is 3.23. The Morgan fingerprint density at radius 1 is 0.957 bits per heavy atom. The lowest BCUT2D eigenvalue weighted by Crippen LogP contribution is -1.98. The molecule has 0 aliphatic heterocycles. The summed E-state index contributed by atoms with van der Waals surface area (Å²) in [4.78, 5) is 13.7. The standard InChI is InChI=1S/C18H16N4S/c1-10-6-11(2)8-14(7-10)21-18-19-9-13-4-5-15-17(16(13)22-18)23-12(3)20-15/h4-9H,1-3H3,(H,19,21,22). The van der Waals surface area contributed by atoms with Gasteiger partial charge in [0.25, 0.3) is 0 Å². The summed E-state index contributed by atoms with van der Waals surface area (Å²) in [5, 5.41) is 5.40. The molecule has 0 radical (unpaired) electrons. The molecule has 4 nitrogen and oxygen atoms in total. The van der Waals surface area contributed by atoms with Gasteiger partial charge in [-0.05, 0) is 56.2 Å². The van der Waals surface area contributed by atoms with Gasteiger partial charge in [0.15, 0.2) is 0 Å². The molecule has 2 aromatic carbocycles. The lowest BCUT2D eigenvalue weighted by molar-refractivity contribution is 1.21. The molecule has 114 valence electrons. The van der Waals surface area contributed by atoms with Gasteiger partial charge in [-0.1, -0.05) is 6.07 Å². The zero-order chi connectivity index (χ0) is 16.0.